The van der Waals surface area contributed by atoms with Crippen LogP contribution in [0.3, 0.4) is 0 Å². The second-order valence-electron chi connectivity index (χ2n) is 9.72. The third kappa shape index (κ3) is 3.37. The highest BCUT2D eigenvalue weighted by Crippen LogP contribution is 2.37. The molecular weight excluding hydrogens is 420 g/mol. The Hall–Kier alpha value is -3.07. The maximum absolute atomic E-state index is 13.5. The molecule has 6 rings (SSSR count). The van der Waals surface area contributed by atoms with Gasteiger partial charge in [-0.1, -0.05) is 0 Å². The lowest BCUT2D eigenvalue weighted by Crippen LogP contribution is -2.59. The average molecular weight is 451 g/mol. The smallest absolute Gasteiger partial charge is 0.321 e. The van der Waals surface area contributed by atoms with Crippen molar-refractivity contribution in [1.82, 2.24) is 24.9 Å². The summed E-state index contributed by atoms with van der Waals surface area (Å²) in [4.78, 5) is 32.9. The van der Waals surface area contributed by atoms with Crippen LogP contribution in [0.25, 0.3) is 0 Å². The highest BCUT2D eigenvalue weighted by Gasteiger charge is 2.42. The Morgan fingerprint density at radius 1 is 1.21 bits per heavy atom. The number of anilines is 1. The molecule has 3 atom stereocenters. The van der Waals surface area contributed by atoms with E-state index in [1.165, 1.54) is 12.8 Å². The Kier molecular flexibility index (Phi) is 4.83. The number of carbonyl (C=O) groups is 2. The van der Waals surface area contributed by atoms with Crippen molar-refractivity contribution < 1.29 is 14.3 Å². The molecule has 0 bridgehead atoms. The fraction of sp³-hybridized carbons (Fsp3) is 0.542. The van der Waals surface area contributed by atoms with E-state index in [9.17, 15) is 9.59 Å². The number of nitrogens with one attached hydrogen (secondary N) is 2. The van der Waals surface area contributed by atoms with Gasteiger partial charge in [0.15, 0.2) is 5.82 Å². The number of urea groups is 1. The van der Waals surface area contributed by atoms with Crippen molar-refractivity contribution in [2.24, 2.45) is 0 Å². The van der Waals surface area contributed by atoms with Crippen molar-refractivity contribution >= 4 is 17.8 Å². The highest BCUT2D eigenvalue weighted by atomic mass is 16.5. The summed E-state index contributed by atoms with van der Waals surface area (Å²) >= 11 is 0. The molecule has 4 aliphatic rings. The molecule has 9 nitrogen and oxygen atoms in total. The van der Waals surface area contributed by atoms with Crippen LogP contribution in [0.4, 0.5) is 10.6 Å². The van der Waals surface area contributed by atoms with Gasteiger partial charge in [0.1, 0.15) is 5.75 Å². The van der Waals surface area contributed by atoms with E-state index < -0.39 is 0 Å². The van der Waals surface area contributed by atoms with Gasteiger partial charge in [0, 0.05) is 42.7 Å². The van der Waals surface area contributed by atoms with E-state index >= 15 is 0 Å². The topological polar surface area (TPSA) is 93.8 Å². The third-order valence-corrected chi connectivity index (χ3v) is 7.73. The number of aromatic amines is 1. The van der Waals surface area contributed by atoms with Crippen LogP contribution in [0, 0.1) is 0 Å². The quantitative estimate of drug-likeness (QED) is 0.734. The van der Waals surface area contributed by atoms with Gasteiger partial charge < -0.3 is 19.9 Å². The predicted molar refractivity (Wildman–Crippen MR) is 122 cm³/mol. The zero-order valence-corrected chi connectivity index (χ0v) is 19.1. The SMILES string of the molecule is CC1c2[nH]nc(NC(=O)c3ccc4c(c3)CCO4)c2CN1C(=O)N1C[C@@H]2CCCN2C[C@@H]1C. The molecule has 5 heterocycles. The molecule has 0 radical (unpaired) electrons. The van der Waals surface area contributed by atoms with Crippen LogP contribution in [0.2, 0.25) is 0 Å². The van der Waals surface area contributed by atoms with Crippen molar-refractivity contribution in [2.45, 2.75) is 57.8 Å². The van der Waals surface area contributed by atoms with E-state index in [1.54, 1.807) is 6.07 Å². The normalized spacial score (nSPS) is 26.1. The first kappa shape index (κ1) is 20.5. The van der Waals surface area contributed by atoms with Crippen molar-refractivity contribution in [3.05, 3.63) is 40.6 Å². The number of benzene rings is 1. The number of H-pyrrole nitrogens is 1. The summed E-state index contributed by atoms with van der Waals surface area (Å²) in [6, 6.07) is 6.13. The minimum absolute atomic E-state index is 0.0713. The van der Waals surface area contributed by atoms with Crippen molar-refractivity contribution in [3.63, 3.8) is 0 Å². The fourth-order valence-electron chi connectivity index (χ4n) is 5.81. The second-order valence-corrected chi connectivity index (χ2v) is 9.72. The molecule has 3 amide bonds. The average Bonchev–Trinajstić information content (AvgIpc) is 3.58. The molecule has 2 N–H and O–H groups in total. The van der Waals surface area contributed by atoms with Gasteiger partial charge in [-0.25, -0.2) is 4.79 Å². The summed E-state index contributed by atoms with van der Waals surface area (Å²) < 4.78 is 5.53. The first-order valence-corrected chi connectivity index (χ1v) is 11.9. The van der Waals surface area contributed by atoms with Crippen molar-refractivity contribution in [1.29, 1.82) is 0 Å². The fourth-order valence-corrected chi connectivity index (χ4v) is 5.81. The van der Waals surface area contributed by atoms with E-state index in [4.69, 9.17) is 4.74 Å². The Morgan fingerprint density at radius 2 is 2.09 bits per heavy atom. The molecule has 9 heteroatoms. The van der Waals surface area contributed by atoms with Crippen LogP contribution < -0.4 is 10.1 Å². The van der Waals surface area contributed by atoms with Gasteiger partial charge in [-0.05, 0) is 57.0 Å². The monoisotopic (exact) mass is 450 g/mol. The highest BCUT2D eigenvalue weighted by molar-refractivity contribution is 6.04. The Balaban J connectivity index is 1.17. The molecule has 0 aliphatic carbocycles. The van der Waals surface area contributed by atoms with Gasteiger partial charge in [0.05, 0.1) is 24.9 Å². The lowest BCUT2D eigenvalue weighted by atomic mass is 10.1. The van der Waals surface area contributed by atoms with Crippen molar-refractivity contribution in [2.75, 3.05) is 31.6 Å². The molecule has 1 aromatic heterocycles. The van der Waals surface area contributed by atoms with Crippen LogP contribution >= 0.6 is 0 Å². The molecule has 33 heavy (non-hydrogen) atoms. The molecule has 1 aromatic carbocycles. The summed E-state index contributed by atoms with van der Waals surface area (Å²) in [5.74, 6) is 1.15. The van der Waals surface area contributed by atoms with E-state index in [2.05, 4.69) is 27.3 Å². The Labute approximate surface area is 193 Å². The molecule has 2 saturated heterocycles. The van der Waals surface area contributed by atoms with Gasteiger partial charge in [-0.3, -0.25) is 14.8 Å². The number of hydrogen-bond acceptors (Lipinski definition) is 5. The molecular formula is C24H30N6O3. The van der Waals surface area contributed by atoms with Crippen LogP contribution in [0.15, 0.2) is 18.2 Å². The van der Waals surface area contributed by atoms with E-state index in [0.717, 1.165) is 48.6 Å². The summed E-state index contributed by atoms with van der Waals surface area (Å²) in [5.41, 5.74) is 3.42. The second kappa shape index (κ2) is 7.76. The molecule has 0 saturated carbocycles. The summed E-state index contributed by atoms with van der Waals surface area (Å²) in [6.07, 6.45) is 3.20. The Bertz CT molecular complexity index is 1110. The number of ether oxygens (including phenoxy) is 1. The van der Waals surface area contributed by atoms with Crippen LogP contribution in [-0.4, -0.2) is 75.2 Å². The van der Waals surface area contributed by atoms with E-state index in [-0.39, 0.29) is 24.0 Å². The van der Waals surface area contributed by atoms with E-state index in [0.29, 0.717) is 30.6 Å². The van der Waals surface area contributed by atoms with Crippen LogP contribution in [0.5, 0.6) is 5.75 Å². The first-order chi connectivity index (χ1) is 16.0. The predicted octanol–water partition coefficient (Wildman–Crippen LogP) is 2.76. The number of nitrogens with zero attached hydrogens (tertiary/aromatic N) is 4. The van der Waals surface area contributed by atoms with Gasteiger partial charge in [0.25, 0.3) is 5.91 Å². The maximum atomic E-state index is 13.5. The summed E-state index contributed by atoms with van der Waals surface area (Å²) in [5, 5.41) is 10.4. The first-order valence-electron chi connectivity index (χ1n) is 11.9. The lowest BCUT2D eigenvalue weighted by Gasteiger charge is -2.44. The van der Waals surface area contributed by atoms with Crippen molar-refractivity contribution in [3.8, 4) is 5.75 Å². The van der Waals surface area contributed by atoms with Gasteiger partial charge in [-0.2, -0.15) is 5.10 Å². The van der Waals surface area contributed by atoms with Gasteiger partial charge >= 0.3 is 6.03 Å². The van der Waals surface area contributed by atoms with Crippen LogP contribution in [-0.2, 0) is 13.0 Å². The molecule has 0 spiro atoms. The largest absolute Gasteiger partial charge is 0.493 e. The Morgan fingerprint density at radius 3 is 2.97 bits per heavy atom. The molecule has 174 valence electrons. The summed E-state index contributed by atoms with van der Waals surface area (Å²) in [7, 11) is 0. The number of aromatic nitrogens is 2. The standard InChI is InChI=1S/C24H30N6O3/c1-14-11-28-8-3-4-18(28)12-29(14)24(32)30-13-19-21(15(30)2)26-27-22(19)25-23(31)17-5-6-20-16(10-17)7-9-33-20/h5-6,10,14-15,18H,3-4,7-9,11-13H2,1-2H3,(H2,25,26,27,31)/t14-,15?,18-/m0/s1. The van der Waals surface area contributed by atoms with Gasteiger partial charge in [0.2, 0.25) is 0 Å². The number of amides is 3. The molecule has 1 unspecified atom stereocenters. The van der Waals surface area contributed by atoms with Crippen LogP contribution in [0.1, 0.15) is 59.9 Å². The molecule has 4 aliphatic heterocycles. The van der Waals surface area contributed by atoms with Gasteiger partial charge in [-0.15, -0.1) is 0 Å². The van der Waals surface area contributed by atoms with E-state index in [1.807, 2.05) is 28.9 Å². The summed E-state index contributed by atoms with van der Waals surface area (Å²) in [6.45, 7) is 8.14. The minimum Gasteiger partial charge on any atom is -0.493 e. The number of carbonyl (C=O) groups excluding carboxylic acids is 2. The zero-order valence-electron chi connectivity index (χ0n) is 19.1. The number of fused-ring (bicyclic) bond motifs is 3. The molecule has 2 aromatic rings. The third-order valence-electron chi connectivity index (χ3n) is 7.73. The minimum atomic E-state index is -0.206. The maximum Gasteiger partial charge on any atom is 0.321 e. The lowest BCUT2D eigenvalue weighted by molar-refractivity contribution is 0.0580. The number of piperazine rings is 1. The number of hydrogen-bond donors (Lipinski definition) is 2. The number of rotatable bonds is 2. The molecule has 2 fully saturated rings. The zero-order chi connectivity index (χ0) is 22.7.